The van der Waals surface area contributed by atoms with Crippen molar-refractivity contribution in [3.8, 4) is 0 Å². The fourth-order valence-corrected chi connectivity index (χ4v) is 1.63. The van der Waals surface area contributed by atoms with E-state index in [0.29, 0.717) is 18.7 Å². The number of nitrogen functional groups attached to an aromatic ring is 1. The highest BCUT2D eigenvalue weighted by Crippen LogP contribution is 2.16. The minimum atomic E-state index is -0.476. The molecule has 1 amide bonds. The smallest absolute Gasteiger partial charge is 0.225 e. The van der Waals surface area contributed by atoms with Crippen LogP contribution in [0.2, 0.25) is 0 Å². The number of hydrogen-bond donors (Lipinski definition) is 2. The van der Waals surface area contributed by atoms with Crippen molar-refractivity contribution in [1.82, 2.24) is 4.90 Å². The number of hydrogen-bond acceptors (Lipinski definition) is 3. The van der Waals surface area contributed by atoms with E-state index in [9.17, 15) is 9.18 Å². The Hall–Kier alpha value is -1.62. The quantitative estimate of drug-likeness (QED) is 0.763. The molecule has 1 aromatic carbocycles. The molecular formula is C13H20FN3O. The molecule has 0 unspecified atom stereocenters. The fraction of sp³-hybridized carbons (Fsp3) is 0.462. The summed E-state index contributed by atoms with van der Waals surface area (Å²) in [6.45, 7) is 3.77. The van der Waals surface area contributed by atoms with Gasteiger partial charge in [0.2, 0.25) is 5.91 Å². The van der Waals surface area contributed by atoms with Gasteiger partial charge in [-0.15, -0.1) is 0 Å². The lowest BCUT2D eigenvalue weighted by Gasteiger charge is -2.14. The van der Waals surface area contributed by atoms with Crippen LogP contribution >= 0.6 is 0 Å². The second-order valence-electron chi connectivity index (χ2n) is 4.34. The monoisotopic (exact) mass is 253 g/mol. The van der Waals surface area contributed by atoms with Crippen molar-refractivity contribution in [3.63, 3.8) is 0 Å². The molecular weight excluding hydrogens is 233 g/mol. The second kappa shape index (κ2) is 6.96. The minimum absolute atomic E-state index is 0.0379. The summed E-state index contributed by atoms with van der Waals surface area (Å²) in [6.07, 6.45) is 1.47. The molecule has 3 N–H and O–H groups in total. The second-order valence-corrected chi connectivity index (χ2v) is 4.34. The first-order valence-corrected chi connectivity index (χ1v) is 6.06. The molecule has 0 spiro atoms. The summed E-state index contributed by atoms with van der Waals surface area (Å²) >= 11 is 0. The number of anilines is 2. The van der Waals surface area contributed by atoms with Gasteiger partial charge in [-0.25, -0.2) is 4.39 Å². The van der Waals surface area contributed by atoms with Crippen LogP contribution in [0.5, 0.6) is 0 Å². The molecule has 1 rings (SSSR count). The van der Waals surface area contributed by atoms with E-state index in [1.54, 1.807) is 0 Å². The van der Waals surface area contributed by atoms with Gasteiger partial charge in [-0.1, -0.05) is 6.92 Å². The number of nitrogens with zero attached hydrogens (tertiary/aromatic N) is 1. The lowest BCUT2D eigenvalue weighted by molar-refractivity contribution is -0.116. The third-order valence-corrected chi connectivity index (χ3v) is 2.61. The summed E-state index contributed by atoms with van der Waals surface area (Å²) in [5, 5.41) is 2.70. The van der Waals surface area contributed by atoms with Crippen molar-refractivity contribution in [2.75, 3.05) is 31.2 Å². The summed E-state index contributed by atoms with van der Waals surface area (Å²) in [7, 11) is 1.98. The zero-order valence-corrected chi connectivity index (χ0v) is 10.9. The average molecular weight is 253 g/mol. The van der Waals surface area contributed by atoms with E-state index in [2.05, 4.69) is 17.1 Å². The predicted octanol–water partition coefficient (Wildman–Crippen LogP) is 2.08. The van der Waals surface area contributed by atoms with Gasteiger partial charge in [-0.2, -0.15) is 0 Å². The largest absolute Gasteiger partial charge is 0.396 e. The highest BCUT2D eigenvalue weighted by Gasteiger charge is 2.06. The number of carbonyl (C=O) groups excluding carboxylic acids is 1. The SMILES string of the molecule is CCCN(C)CCC(=O)Nc1ccc(F)c(N)c1. The van der Waals surface area contributed by atoms with Crippen LogP contribution < -0.4 is 11.1 Å². The van der Waals surface area contributed by atoms with Gasteiger partial charge in [0.25, 0.3) is 0 Å². The summed E-state index contributed by atoms with van der Waals surface area (Å²) in [6, 6.07) is 4.16. The predicted molar refractivity (Wildman–Crippen MR) is 71.8 cm³/mol. The maximum Gasteiger partial charge on any atom is 0.225 e. The lowest BCUT2D eigenvalue weighted by Crippen LogP contribution is -2.24. The van der Waals surface area contributed by atoms with Crippen LogP contribution in [0.25, 0.3) is 0 Å². The number of benzene rings is 1. The molecule has 18 heavy (non-hydrogen) atoms. The minimum Gasteiger partial charge on any atom is -0.396 e. The Kier molecular flexibility index (Phi) is 5.58. The molecule has 4 nitrogen and oxygen atoms in total. The van der Waals surface area contributed by atoms with Crippen molar-refractivity contribution >= 4 is 17.3 Å². The number of rotatable bonds is 6. The van der Waals surface area contributed by atoms with Crippen LogP contribution in [-0.4, -0.2) is 30.9 Å². The molecule has 0 fully saturated rings. The molecule has 0 aliphatic carbocycles. The number of halogens is 1. The molecule has 0 aliphatic heterocycles. The van der Waals surface area contributed by atoms with Gasteiger partial charge in [0.15, 0.2) is 0 Å². The molecule has 0 radical (unpaired) electrons. The molecule has 0 aromatic heterocycles. The summed E-state index contributed by atoms with van der Waals surface area (Å²) in [5.74, 6) is -0.570. The molecule has 0 bridgehead atoms. The van der Waals surface area contributed by atoms with Crippen molar-refractivity contribution < 1.29 is 9.18 Å². The Morgan fingerprint density at radius 2 is 2.17 bits per heavy atom. The van der Waals surface area contributed by atoms with E-state index in [0.717, 1.165) is 13.0 Å². The Morgan fingerprint density at radius 3 is 2.78 bits per heavy atom. The van der Waals surface area contributed by atoms with E-state index < -0.39 is 5.82 Å². The van der Waals surface area contributed by atoms with Crippen molar-refractivity contribution in [2.45, 2.75) is 19.8 Å². The van der Waals surface area contributed by atoms with Gasteiger partial charge < -0.3 is 16.0 Å². The van der Waals surface area contributed by atoms with Crippen LogP contribution in [-0.2, 0) is 4.79 Å². The average Bonchev–Trinajstić information content (AvgIpc) is 2.32. The number of carbonyl (C=O) groups is 1. The number of nitrogens with two attached hydrogens (primary N) is 1. The molecule has 100 valence electrons. The van der Waals surface area contributed by atoms with Crippen LogP contribution in [0.4, 0.5) is 15.8 Å². The third kappa shape index (κ3) is 4.71. The maximum absolute atomic E-state index is 12.9. The standard InChI is InChI=1S/C13H20FN3O/c1-3-7-17(2)8-6-13(18)16-10-4-5-11(14)12(15)9-10/h4-5,9H,3,6-8,15H2,1-2H3,(H,16,18). The topological polar surface area (TPSA) is 58.4 Å². The maximum atomic E-state index is 12.9. The van der Waals surface area contributed by atoms with E-state index in [-0.39, 0.29) is 11.6 Å². The van der Waals surface area contributed by atoms with E-state index >= 15 is 0 Å². The highest BCUT2D eigenvalue weighted by molar-refractivity contribution is 5.91. The van der Waals surface area contributed by atoms with Gasteiger partial charge in [-0.3, -0.25) is 4.79 Å². The molecule has 1 aromatic rings. The first-order valence-electron chi connectivity index (χ1n) is 6.06. The first-order chi connectivity index (χ1) is 8.52. The number of nitrogens with one attached hydrogen (secondary N) is 1. The van der Waals surface area contributed by atoms with E-state index in [1.165, 1.54) is 18.2 Å². The zero-order chi connectivity index (χ0) is 13.5. The van der Waals surface area contributed by atoms with Crippen LogP contribution in [0.15, 0.2) is 18.2 Å². The van der Waals surface area contributed by atoms with Crippen LogP contribution in [0.1, 0.15) is 19.8 Å². The van der Waals surface area contributed by atoms with E-state index in [1.807, 2.05) is 7.05 Å². The molecule has 0 heterocycles. The first kappa shape index (κ1) is 14.4. The van der Waals surface area contributed by atoms with E-state index in [4.69, 9.17) is 5.73 Å². The Labute approximate surface area is 107 Å². The Balaban J connectivity index is 2.42. The number of amides is 1. The highest BCUT2D eigenvalue weighted by atomic mass is 19.1. The molecule has 0 atom stereocenters. The summed E-state index contributed by atoms with van der Waals surface area (Å²) in [4.78, 5) is 13.7. The van der Waals surface area contributed by atoms with Gasteiger partial charge in [-0.05, 0) is 38.2 Å². The summed E-state index contributed by atoms with van der Waals surface area (Å²) in [5.41, 5.74) is 5.99. The summed E-state index contributed by atoms with van der Waals surface area (Å²) < 4.78 is 12.9. The van der Waals surface area contributed by atoms with Crippen LogP contribution in [0, 0.1) is 5.82 Å². The normalized spacial score (nSPS) is 10.7. The van der Waals surface area contributed by atoms with Crippen molar-refractivity contribution in [2.24, 2.45) is 0 Å². The fourth-order valence-electron chi connectivity index (χ4n) is 1.63. The lowest BCUT2D eigenvalue weighted by atomic mass is 10.2. The van der Waals surface area contributed by atoms with Crippen LogP contribution in [0.3, 0.4) is 0 Å². The van der Waals surface area contributed by atoms with Gasteiger partial charge in [0, 0.05) is 18.7 Å². The Morgan fingerprint density at radius 1 is 1.44 bits per heavy atom. The van der Waals surface area contributed by atoms with Crippen molar-refractivity contribution in [3.05, 3.63) is 24.0 Å². The van der Waals surface area contributed by atoms with Gasteiger partial charge >= 0.3 is 0 Å². The molecule has 0 saturated carbocycles. The molecule has 0 saturated heterocycles. The molecule has 5 heteroatoms. The van der Waals surface area contributed by atoms with Gasteiger partial charge in [0.05, 0.1) is 5.69 Å². The van der Waals surface area contributed by atoms with Gasteiger partial charge in [0.1, 0.15) is 5.82 Å². The Bertz CT molecular complexity index is 409. The molecule has 0 aliphatic rings. The zero-order valence-electron chi connectivity index (χ0n) is 10.9. The third-order valence-electron chi connectivity index (χ3n) is 2.61. The van der Waals surface area contributed by atoms with Crippen molar-refractivity contribution in [1.29, 1.82) is 0 Å².